The number of benzene rings is 2. The van der Waals surface area contributed by atoms with Crippen molar-refractivity contribution in [1.82, 2.24) is 10.2 Å². The molecule has 0 spiro atoms. The van der Waals surface area contributed by atoms with Crippen LogP contribution in [0.2, 0.25) is 0 Å². The SMILES string of the molecule is COC(=O)CCNC(=O)CCCN1C(=O)c2ccccc2N2C(=O)c3c(ccc(OC)c3OC)[C@@H]12. The first-order chi connectivity index (χ1) is 16.9. The number of esters is 1. The summed E-state index contributed by atoms with van der Waals surface area (Å²) in [6.45, 7) is 0.432. The number of carbonyl (C=O) groups is 4. The summed E-state index contributed by atoms with van der Waals surface area (Å²) >= 11 is 0. The molecule has 2 aliphatic rings. The van der Waals surface area contributed by atoms with Gasteiger partial charge in [-0.3, -0.25) is 24.1 Å². The van der Waals surface area contributed by atoms with Crippen LogP contribution in [0.1, 0.15) is 51.7 Å². The molecule has 2 aromatic rings. The Labute approximate surface area is 202 Å². The van der Waals surface area contributed by atoms with Gasteiger partial charge < -0.3 is 24.4 Å². The van der Waals surface area contributed by atoms with Crippen LogP contribution in [-0.4, -0.2) is 63.0 Å². The molecule has 0 radical (unpaired) electrons. The topological polar surface area (TPSA) is 114 Å². The van der Waals surface area contributed by atoms with E-state index in [1.165, 1.54) is 21.3 Å². The van der Waals surface area contributed by atoms with Crippen LogP contribution in [0, 0.1) is 0 Å². The van der Waals surface area contributed by atoms with Crippen molar-refractivity contribution in [3.05, 3.63) is 53.1 Å². The van der Waals surface area contributed by atoms with Crippen LogP contribution in [0.25, 0.3) is 0 Å². The Morgan fingerprint density at radius 2 is 1.74 bits per heavy atom. The first-order valence-corrected chi connectivity index (χ1v) is 11.2. The number of methoxy groups -OCH3 is 3. The maximum absolute atomic E-state index is 13.6. The van der Waals surface area contributed by atoms with E-state index in [2.05, 4.69) is 10.1 Å². The summed E-state index contributed by atoms with van der Waals surface area (Å²) in [7, 11) is 4.26. The second kappa shape index (κ2) is 10.0. The lowest BCUT2D eigenvalue weighted by atomic mass is 10.0. The molecule has 2 heterocycles. The summed E-state index contributed by atoms with van der Waals surface area (Å²) in [6.07, 6.45) is -0.0437. The molecule has 10 heteroatoms. The number of ether oxygens (including phenoxy) is 3. The van der Waals surface area contributed by atoms with Gasteiger partial charge in [0, 0.05) is 25.1 Å². The quantitative estimate of drug-likeness (QED) is 0.547. The summed E-state index contributed by atoms with van der Waals surface area (Å²) in [4.78, 5) is 53.7. The molecule has 0 unspecified atom stereocenters. The minimum Gasteiger partial charge on any atom is -0.493 e. The number of hydrogen-bond acceptors (Lipinski definition) is 7. The van der Waals surface area contributed by atoms with Crippen molar-refractivity contribution < 1.29 is 33.4 Å². The lowest BCUT2D eigenvalue weighted by Crippen LogP contribution is -2.48. The molecule has 184 valence electrons. The van der Waals surface area contributed by atoms with Crippen molar-refractivity contribution in [3.8, 4) is 11.5 Å². The predicted molar refractivity (Wildman–Crippen MR) is 125 cm³/mol. The first-order valence-electron chi connectivity index (χ1n) is 11.2. The average Bonchev–Trinajstić information content (AvgIpc) is 3.17. The van der Waals surface area contributed by atoms with Crippen LogP contribution in [0.4, 0.5) is 5.69 Å². The van der Waals surface area contributed by atoms with E-state index in [1.54, 1.807) is 46.2 Å². The third-order valence-electron chi connectivity index (χ3n) is 6.17. The lowest BCUT2D eigenvalue weighted by Gasteiger charge is -2.41. The highest BCUT2D eigenvalue weighted by Gasteiger charge is 2.49. The molecule has 1 N–H and O–H groups in total. The predicted octanol–water partition coefficient (Wildman–Crippen LogP) is 2.28. The van der Waals surface area contributed by atoms with Gasteiger partial charge in [0.2, 0.25) is 5.91 Å². The summed E-state index contributed by atoms with van der Waals surface area (Å²) in [5, 5.41) is 2.67. The smallest absolute Gasteiger partial charge is 0.307 e. The van der Waals surface area contributed by atoms with Gasteiger partial charge in [0.25, 0.3) is 11.8 Å². The Kier molecular flexibility index (Phi) is 6.90. The number of nitrogens with one attached hydrogen (secondary N) is 1. The number of anilines is 1. The van der Waals surface area contributed by atoms with Gasteiger partial charge in [-0.15, -0.1) is 0 Å². The maximum Gasteiger partial charge on any atom is 0.307 e. The van der Waals surface area contributed by atoms with Crippen LogP contribution in [0.15, 0.2) is 36.4 Å². The van der Waals surface area contributed by atoms with Crippen molar-refractivity contribution in [2.75, 3.05) is 39.3 Å². The molecule has 0 saturated carbocycles. The molecule has 2 aliphatic heterocycles. The van der Waals surface area contributed by atoms with Gasteiger partial charge in [-0.1, -0.05) is 18.2 Å². The van der Waals surface area contributed by atoms with Crippen LogP contribution in [-0.2, 0) is 14.3 Å². The average molecular weight is 482 g/mol. The zero-order valence-electron chi connectivity index (χ0n) is 19.8. The standard InChI is InChI=1S/C25H27N3O7/c1-33-18-11-10-16-21(22(18)35-3)25(32)28-17-8-5-4-7-15(17)24(31)27(23(16)28)14-6-9-19(29)26-13-12-20(30)34-2/h4-5,7-8,10-11,23H,6,9,12-14H2,1-3H3,(H,26,29)/t23-/m0/s1. The first kappa shape index (κ1) is 24.1. The van der Waals surface area contributed by atoms with Gasteiger partial charge in [-0.25, -0.2) is 0 Å². The molecule has 4 rings (SSSR count). The van der Waals surface area contributed by atoms with Gasteiger partial charge in [0.05, 0.1) is 44.6 Å². The molecule has 10 nitrogen and oxygen atoms in total. The Morgan fingerprint density at radius 3 is 2.46 bits per heavy atom. The number of fused-ring (bicyclic) bond motifs is 5. The Bertz CT molecular complexity index is 1180. The number of para-hydroxylation sites is 1. The maximum atomic E-state index is 13.6. The Balaban J connectivity index is 1.60. The molecule has 35 heavy (non-hydrogen) atoms. The fraction of sp³-hybridized carbons (Fsp3) is 0.360. The van der Waals surface area contributed by atoms with Gasteiger partial charge in [-0.2, -0.15) is 0 Å². The highest BCUT2D eigenvalue weighted by atomic mass is 16.5. The third-order valence-corrected chi connectivity index (χ3v) is 6.17. The Hall–Kier alpha value is -4.08. The number of amides is 3. The van der Waals surface area contributed by atoms with E-state index in [-0.39, 0.29) is 43.7 Å². The monoisotopic (exact) mass is 481 g/mol. The zero-order chi connectivity index (χ0) is 25.1. The normalized spacial score (nSPS) is 15.8. The summed E-state index contributed by atoms with van der Waals surface area (Å²) in [5.41, 5.74) is 1.94. The van der Waals surface area contributed by atoms with E-state index >= 15 is 0 Å². The molecule has 1 atom stereocenters. The molecule has 0 aliphatic carbocycles. The van der Waals surface area contributed by atoms with Gasteiger partial charge in [0.1, 0.15) is 6.17 Å². The van der Waals surface area contributed by atoms with E-state index < -0.39 is 12.1 Å². The summed E-state index contributed by atoms with van der Waals surface area (Å²) in [6, 6.07) is 10.5. The molecule has 0 bridgehead atoms. The molecule has 2 aromatic carbocycles. The molecule has 3 amide bonds. The number of rotatable bonds is 9. The molecule has 0 aromatic heterocycles. The minimum absolute atomic E-state index is 0.0882. The molecule has 0 saturated heterocycles. The third kappa shape index (κ3) is 4.27. The lowest BCUT2D eigenvalue weighted by molar-refractivity contribution is -0.140. The second-order valence-electron chi connectivity index (χ2n) is 8.11. The van der Waals surface area contributed by atoms with Crippen molar-refractivity contribution in [3.63, 3.8) is 0 Å². The van der Waals surface area contributed by atoms with Gasteiger partial charge in [-0.05, 0) is 24.6 Å². The second-order valence-corrected chi connectivity index (χ2v) is 8.11. The van der Waals surface area contributed by atoms with E-state index in [4.69, 9.17) is 9.47 Å². The van der Waals surface area contributed by atoms with E-state index in [1.807, 2.05) is 0 Å². The summed E-state index contributed by atoms with van der Waals surface area (Å²) in [5.74, 6) is -0.396. The highest BCUT2D eigenvalue weighted by Crippen LogP contribution is 2.49. The number of hydrogen-bond donors (Lipinski definition) is 1. The van der Waals surface area contributed by atoms with Gasteiger partial charge in [0.15, 0.2) is 11.5 Å². The van der Waals surface area contributed by atoms with Crippen LogP contribution in [0.3, 0.4) is 0 Å². The summed E-state index contributed by atoms with van der Waals surface area (Å²) < 4.78 is 15.5. The highest BCUT2D eigenvalue weighted by molar-refractivity contribution is 6.18. The zero-order valence-corrected chi connectivity index (χ0v) is 19.8. The number of carbonyl (C=O) groups excluding carboxylic acids is 4. The van der Waals surface area contributed by atoms with Crippen molar-refractivity contribution in [2.24, 2.45) is 0 Å². The van der Waals surface area contributed by atoms with E-state index in [9.17, 15) is 19.2 Å². The van der Waals surface area contributed by atoms with Crippen molar-refractivity contribution in [1.29, 1.82) is 0 Å². The fourth-order valence-corrected chi connectivity index (χ4v) is 4.56. The largest absolute Gasteiger partial charge is 0.493 e. The Morgan fingerprint density at radius 1 is 0.971 bits per heavy atom. The van der Waals surface area contributed by atoms with Gasteiger partial charge >= 0.3 is 5.97 Å². The van der Waals surface area contributed by atoms with Crippen LogP contribution < -0.4 is 19.7 Å². The number of nitrogens with zero attached hydrogens (tertiary/aromatic N) is 2. The van der Waals surface area contributed by atoms with Crippen LogP contribution in [0.5, 0.6) is 11.5 Å². The fourth-order valence-electron chi connectivity index (χ4n) is 4.56. The minimum atomic E-state index is -0.665. The van der Waals surface area contributed by atoms with E-state index in [0.29, 0.717) is 40.3 Å². The molecular formula is C25H27N3O7. The van der Waals surface area contributed by atoms with Crippen molar-refractivity contribution >= 4 is 29.4 Å². The molecule has 0 fully saturated rings. The van der Waals surface area contributed by atoms with Crippen molar-refractivity contribution in [2.45, 2.75) is 25.4 Å². The van der Waals surface area contributed by atoms with Crippen LogP contribution >= 0.6 is 0 Å². The molecular weight excluding hydrogens is 454 g/mol. The van der Waals surface area contributed by atoms with E-state index in [0.717, 1.165) is 0 Å².